The molecule has 2 fully saturated rings. The second-order valence-corrected chi connectivity index (χ2v) is 5.88. The smallest absolute Gasteiger partial charge is 0.262 e. The Labute approximate surface area is 107 Å². The van der Waals surface area contributed by atoms with Gasteiger partial charge in [-0.2, -0.15) is 0 Å². The summed E-state index contributed by atoms with van der Waals surface area (Å²) < 4.78 is 25.9. The van der Waals surface area contributed by atoms with Crippen molar-refractivity contribution in [3.8, 4) is 0 Å². The van der Waals surface area contributed by atoms with E-state index in [0.29, 0.717) is 12.5 Å². The first kappa shape index (κ1) is 13.7. The van der Waals surface area contributed by atoms with Gasteiger partial charge in [0.2, 0.25) is 5.91 Å². The van der Waals surface area contributed by atoms with E-state index in [9.17, 15) is 13.6 Å². The number of halogens is 2. The summed E-state index contributed by atoms with van der Waals surface area (Å²) in [7, 11) is 0. The zero-order valence-electron chi connectivity index (χ0n) is 10.8. The van der Waals surface area contributed by atoms with Crippen LogP contribution in [0.1, 0.15) is 39.0 Å². The summed E-state index contributed by atoms with van der Waals surface area (Å²) in [4.78, 5) is 11.8. The van der Waals surface area contributed by atoms with Crippen molar-refractivity contribution >= 4 is 5.91 Å². The van der Waals surface area contributed by atoms with E-state index < -0.39 is 12.0 Å². The molecule has 5 heteroatoms. The van der Waals surface area contributed by atoms with Gasteiger partial charge < -0.3 is 5.32 Å². The first-order valence-electron chi connectivity index (χ1n) is 6.85. The molecule has 3 nitrogen and oxygen atoms in total. The van der Waals surface area contributed by atoms with Gasteiger partial charge in [0.15, 0.2) is 0 Å². The molecule has 0 aromatic rings. The Bertz CT molecular complexity index is 309. The van der Waals surface area contributed by atoms with Crippen LogP contribution in [-0.2, 0) is 4.79 Å². The molecule has 2 aliphatic rings. The summed E-state index contributed by atoms with van der Waals surface area (Å²) in [6.45, 7) is 2.48. The van der Waals surface area contributed by atoms with E-state index in [1.165, 1.54) is 12.8 Å². The van der Waals surface area contributed by atoms with Crippen molar-refractivity contribution in [3.63, 3.8) is 0 Å². The predicted molar refractivity (Wildman–Crippen MR) is 65.5 cm³/mol. The van der Waals surface area contributed by atoms with Crippen LogP contribution in [0.15, 0.2) is 0 Å². The monoisotopic (exact) mass is 260 g/mol. The zero-order chi connectivity index (χ0) is 13.2. The second kappa shape index (κ2) is 5.51. The number of nitrogens with one attached hydrogen (secondary N) is 2. The normalized spacial score (nSPS) is 35.4. The Morgan fingerprint density at radius 2 is 2.22 bits per heavy atom. The average molecular weight is 260 g/mol. The minimum Gasteiger partial charge on any atom is -0.354 e. The summed E-state index contributed by atoms with van der Waals surface area (Å²) in [6.07, 6.45) is 4.37. The average Bonchev–Trinajstić information content (AvgIpc) is 2.67. The van der Waals surface area contributed by atoms with Crippen LogP contribution in [0.4, 0.5) is 8.78 Å². The molecule has 3 unspecified atom stereocenters. The standard InChI is InChI=1S/C13H22F2N2O/c1-9-3-2-4-10(5-9)7-16-12(18)11-6-13(14,15)8-17-11/h9-11,17H,2-8H2,1H3,(H,16,18). The summed E-state index contributed by atoms with van der Waals surface area (Å²) in [5.41, 5.74) is 0. The van der Waals surface area contributed by atoms with Crippen LogP contribution in [0.25, 0.3) is 0 Å². The van der Waals surface area contributed by atoms with Crippen molar-refractivity contribution in [3.05, 3.63) is 0 Å². The van der Waals surface area contributed by atoms with Gasteiger partial charge >= 0.3 is 0 Å². The van der Waals surface area contributed by atoms with Crippen LogP contribution in [0, 0.1) is 11.8 Å². The van der Waals surface area contributed by atoms with Crippen molar-refractivity contribution in [2.45, 2.75) is 51.0 Å². The molecule has 0 aromatic carbocycles. The third-order valence-corrected chi connectivity index (χ3v) is 4.04. The minimum absolute atomic E-state index is 0.273. The van der Waals surface area contributed by atoms with Crippen LogP contribution >= 0.6 is 0 Å². The Balaban J connectivity index is 1.72. The van der Waals surface area contributed by atoms with E-state index in [1.807, 2.05) is 0 Å². The molecule has 0 spiro atoms. The highest BCUT2D eigenvalue weighted by Gasteiger charge is 2.42. The highest BCUT2D eigenvalue weighted by atomic mass is 19.3. The molecular formula is C13H22F2N2O. The number of amides is 1. The molecule has 0 radical (unpaired) electrons. The van der Waals surface area contributed by atoms with Crippen LogP contribution in [0.2, 0.25) is 0 Å². The number of alkyl halides is 2. The summed E-state index contributed by atoms with van der Waals surface area (Å²) >= 11 is 0. The fourth-order valence-electron chi connectivity index (χ4n) is 3.01. The SMILES string of the molecule is CC1CCCC(CNC(=O)C2CC(F)(F)CN2)C1. The van der Waals surface area contributed by atoms with E-state index in [-0.39, 0.29) is 18.9 Å². The van der Waals surface area contributed by atoms with Gasteiger partial charge in [0.05, 0.1) is 12.6 Å². The van der Waals surface area contributed by atoms with E-state index in [0.717, 1.165) is 18.8 Å². The largest absolute Gasteiger partial charge is 0.354 e. The van der Waals surface area contributed by atoms with Gasteiger partial charge in [0.25, 0.3) is 5.92 Å². The molecule has 2 N–H and O–H groups in total. The van der Waals surface area contributed by atoms with Gasteiger partial charge in [0, 0.05) is 13.0 Å². The second-order valence-electron chi connectivity index (χ2n) is 5.88. The van der Waals surface area contributed by atoms with Crippen LogP contribution in [0.3, 0.4) is 0 Å². The molecule has 1 heterocycles. The molecular weight excluding hydrogens is 238 g/mol. The Morgan fingerprint density at radius 1 is 1.44 bits per heavy atom. The molecule has 1 amide bonds. The maximum atomic E-state index is 13.0. The molecule has 104 valence electrons. The summed E-state index contributed by atoms with van der Waals surface area (Å²) in [5.74, 6) is -1.78. The van der Waals surface area contributed by atoms with Crippen molar-refractivity contribution in [1.29, 1.82) is 0 Å². The topological polar surface area (TPSA) is 41.1 Å². The lowest BCUT2D eigenvalue weighted by molar-refractivity contribution is -0.123. The fraction of sp³-hybridized carbons (Fsp3) is 0.923. The Kier molecular flexibility index (Phi) is 4.20. The van der Waals surface area contributed by atoms with E-state index in [4.69, 9.17) is 0 Å². The van der Waals surface area contributed by atoms with E-state index >= 15 is 0 Å². The van der Waals surface area contributed by atoms with E-state index in [2.05, 4.69) is 17.6 Å². The lowest BCUT2D eigenvalue weighted by atomic mass is 9.82. The first-order chi connectivity index (χ1) is 8.46. The molecule has 2 rings (SSSR count). The van der Waals surface area contributed by atoms with Gasteiger partial charge in [-0.1, -0.05) is 19.8 Å². The number of hydrogen-bond donors (Lipinski definition) is 2. The van der Waals surface area contributed by atoms with Gasteiger partial charge in [-0.3, -0.25) is 10.1 Å². The molecule has 1 aliphatic carbocycles. The zero-order valence-corrected chi connectivity index (χ0v) is 10.8. The van der Waals surface area contributed by atoms with Gasteiger partial charge in [-0.25, -0.2) is 8.78 Å². The van der Waals surface area contributed by atoms with Crippen molar-refractivity contribution in [1.82, 2.24) is 10.6 Å². The maximum absolute atomic E-state index is 13.0. The molecule has 3 atom stereocenters. The Morgan fingerprint density at radius 3 is 2.83 bits per heavy atom. The quantitative estimate of drug-likeness (QED) is 0.814. The van der Waals surface area contributed by atoms with Gasteiger partial charge in [-0.05, 0) is 24.7 Å². The predicted octanol–water partition coefficient (Wildman–Crippen LogP) is 1.93. The summed E-state index contributed by atoms with van der Waals surface area (Å²) in [6, 6.07) is -0.721. The van der Waals surface area contributed by atoms with Crippen molar-refractivity contribution in [2.75, 3.05) is 13.1 Å². The Hall–Kier alpha value is -0.710. The van der Waals surface area contributed by atoms with Gasteiger partial charge in [-0.15, -0.1) is 0 Å². The third-order valence-electron chi connectivity index (χ3n) is 4.04. The maximum Gasteiger partial charge on any atom is 0.262 e. The summed E-state index contributed by atoms with van der Waals surface area (Å²) in [5, 5.41) is 5.40. The fourth-order valence-corrected chi connectivity index (χ4v) is 3.01. The van der Waals surface area contributed by atoms with Crippen molar-refractivity contribution in [2.24, 2.45) is 11.8 Å². The number of carbonyl (C=O) groups is 1. The van der Waals surface area contributed by atoms with Crippen LogP contribution < -0.4 is 10.6 Å². The van der Waals surface area contributed by atoms with Crippen molar-refractivity contribution < 1.29 is 13.6 Å². The number of carbonyl (C=O) groups excluding carboxylic acids is 1. The molecule has 1 saturated carbocycles. The van der Waals surface area contributed by atoms with Crippen LogP contribution in [0.5, 0.6) is 0 Å². The molecule has 1 saturated heterocycles. The lowest BCUT2D eigenvalue weighted by Gasteiger charge is -2.27. The van der Waals surface area contributed by atoms with E-state index in [1.54, 1.807) is 0 Å². The molecule has 18 heavy (non-hydrogen) atoms. The highest BCUT2D eigenvalue weighted by Crippen LogP contribution is 2.28. The van der Waals surface area contributed by atoms with Crippen LogP contribution in [-0.4, -0.2) is 31.0 Å². The third kappa shape index (κ3) is 3.64. The van der Waals surface area contributed by atoms with Gasteiger partial charge in [0.1, 0.15) is 0 Å². The number of hydrogen-bond acceptors (Lipinski definition) is 2. The molecule has 0 bridgehead atoms. The molecule has 0 aromatic heterocycles. The molecule has 1 aliphatic heterocycles. The highest BCUT2D eigenvalue weighted by molar-refractivity contribution is 5.82. The number of rotatable bonds is 3. The minimum atomic E-state index is -2.73. The lowest BCUT2D eigenvalue weighted by Crippen LogP contribution is -2.42. The first-order valence-corrected chi connectivity index (χ1v) is 6.85.